The van der Waals surface area contributed by atoms with E-state index < -0.39 is 5.41 Å². The van der Waals surface area contributed by atoms with Gasteiger partial charge in [0.1, 0.15) is 5.41 Å². The number of carbonyl (C=O) groups excluding carboxylic acids is 1. The van der Waals surface area contributed by atoms with Crippen molar-refractivity contribution in [1.29, 1.82) is 10.7 Å². The lowest BCUT2D eigenvalue weighted by Crippen LogP contribution is -2.27. The third-order valence-corrected chi connectivity index (χ3v) is 2.98. The normalized spacial score (nSPS) is 22.9. The Morgan fingerprint density at radius 3 is 2.71 bits per heavy atom. The van der Waals surface area contributed by atoms with Crippen molar-refractivity contribution < 1.29 is 9.53 Å². The zero-order chi connectivity index (χ0) is 12.3. The van der Waals surface area contributed by atoms with Gasteiger partial charge in [0.15, 0.2) is 5.78 Å². The molecule has 0 radical (unpaired) electrons. The largest absolute Gasteiger partial charge is 0.480 e. The van der Waals surface area contributed by atoms with E-state index in [2.05, 4.69) is 6.07 Å². The van der Waals surface area contributed by atoms with E-state index in [1.807, 2.05) is 6.07 Å². The second-order valence-electron chi connectivity index (χ2n) is 4.09. The van der Waals surface area contributed by atoms with Crippen LogP contribution in [0.4, 0.5) is 0 Å². The van der Waals surface area contributed by atoms with E-state index in [1.165, 1.54) is 0 Å². The number of carbonyl (C=O) groups is 1. The van der Waals surface area contributed by atoms with Crippen LogP contribution in [0.15, 0.2) is 30.3 Å². The minimum Gasteiger partial charge on any atom is -0.480 e. The van der Waals surface area contributed by atoms with Gasteiger partial charge in [0, 0.05) is 18.4 Å². The molecule has 0 saturated carbocycles. The van der Waals surface area contributed by atoms with Crippen LogP contribution in [0.25, 0.3) is 0 Å². The summed E-state index contributed by atoms with van der Waals surface area (Å²) >= 11 is 0. The number of ketones is 1. The Balaban J connectivity index is 2.19. The number of rotatable bonds is 3. The SMILES string of the molecule is N#CC1(CC(=O)c2ccccc2)CCOC1=N. The van der Waals surface area contributed by atoms with Crippen LogP contribution in [0.3, 0.4) is 0 Å². The topological polar surface area (TPSA) is 73.9 Å². The van der Waals surface area contributed by atoms with E-state index in [0.29, 0.717) is 18.6 Å². The number of hydrogen-bond acceptors (Lipinski definition) is 4. The van der Waals surface area contributed by atoms with Crippen molar-refractivity contribution in [1.82, 2.24) is 0 Å². The van der Waals surface area contributed by atoms with Crippen molar-refractivity contribution >= 4 is 11.7 Å². The Kier molecular flexibility index (Phi) is 2.92. The lowest BCUT2D eigenvalue weighted by atomic mass is 9.81. The predicted molar refractivity (Wildman–Crippen MR) is 61.7 cm³/mol. The average molecular weight is 228 g/mol. The zero-order valence-electron chi connectivity index (χ0n) is 9.27. The van der Waals surface area contributed by atoms with Crippen molar-refractivity contribution in [2.45, 2.75) is 12.8 Å². The summed E-state index contributed by atoms with van der Waals surface area (Å²) in [5.74, 6) is -0.202. The Bertz CT molecular complexity index is 490. The smallest absolute Gasteiger partial charge is 0.202 e. The molecule has 0 aromatic heterocycles. The molecular weight excluding hydrogens is 216 g/mol. The molecule has 1 saturated heterocycles. The van der Waals surface area contributed by atoms with Gasteiger partial charge in [0.05, 0.1) is 12.7 Å². The molecule has 0 bridgehead atoms. The van der Waals surface area contributed by atoms with Gasteiger partial charge < -0.3 is 4.74 Å². The monoisotopic (exact) mass is 228 g/mol. The highest BCUT2D eigenvalue weighted by Crippen LogP contribution is 2.34. The summed E-state index contributed by atoms with van der Waals surface area (Å²) in [6, 6.07) is 10.9. The quantitative estimate of drug-likeness (QED) is 0.805. The molecule has 1 aliphatic heterocycles. The summed E-state index contributed by atoms with van der Waals surface area (Å²) in [5, 5.41) is 16.8. The van der Waals surface area contributed by atoms with E-state index in [9.17, 15) is 4.79 Å². The number of benzene rings is 1. The maximum atomic E-state index is 12.0. The summed E-state index contributed by atoms with van der Waals surface area (Å²) in [7, 11) is 0. The Hall–Kier alpha value is -2.15. The van der Waals surface area contributed by atoms with Gasteiger partial charge in [-0.1, -0.05) is 30.3 Å². The Morgan fingerprint density at radius 1 is 1.47 bits per heavy atom. The fourth-order valence-corrected chi connectivity index (χ4v) is 1.89. The first-order chi connectivity index (χ1) is 8.18. The molecule has 1 aliphatic rings. The van der Waals surface area contributed by atoms with Gasteiger partial charge in [0.25, 0.3) is 0 Å². The number of ether oxygens (including phenoxy) is 1. The van der Waals surface area contributed by atoms with Crippen LogP contribution in [0.1, 0.15) is 23.2 Å². The fourth-order valence-electron chi connectivity index (χ4n) is 1.89. The number of nitrogens with zero attached hydrogens (tertiary/aromatic N) is 1. The third-order valence-electron chi connectivity index (χ3n) is 2.98. The summed E-state index contributed by atoms with van der Waals surface area (Å²) in [4.78, 5) is 12.0. The van der Waals surface area contributed by atoms with Gasteiger partial charge in [-0.2, -0.15) is 5.26 Å². The molecule has 1 heterocycles. The lowest BCUT2D eigenvalue weighted by Gasteiger charge is -2.16. The standard InChI is InChI=1S/C13H12N2O2/c14-9-13(6-7-17-12(13)15)8-11(16)10-4-2-1-3-5-10/h1-5,15H,6-8H2. The maximum Gasteiger partial charge on any atom is 0.202 e. The van der Waals surface area contributed by atoms with E-state index in [-0.39, 0.29) is 18.1 Å². The molecule has 1 aromatic rings. The molecule has 0 aliphatic carbocycles. The maximum absolute atomic E-state index is 12.0. The highest BCUT2D eigenvalue weighted by Gasteiger charge is 2.43. The van der Waals surface area contributed by atoms with Crippen LogP contribution in [-0.2, 0) is 4.74 Å². The second-order valence-corrected chi connectivity index (χ2v) is 4.09. The summed E-state index contributed by atoms with van der Waals surface area (Å²) in [5.41, 5.74) is -0.491. The molecule has 1 atom stereocenters. The fraction of sp³-hybridized carbons (Fsp3) is 0.308. The molecule has 4 nitrogen and oxygen atoms in total. The van der Waals surface area contributed by atoms with Crippen molar-refractivity contribution in [2.75, 3.05) is 6.61 Å². The van der Waals surface area contributed by atoms with Gasteiger partial charge in [-0.25, -0.2) is 0 Å². The zero-order valence-corrected chi connectivity index (χ0v) is 9.27. The first-order valence-corrected chi connectivity index (χ1v) is 5.39. The highest BCUT2D eigenvalue weighted by molar-refractivity contribution is 6.00. The molecule has 0 amide bonds. The number of Topliss-reactive ketones (excluding diaryl/α,β-unsaturated/α-hetero) is 1. The van der Waals surface area contributed by atoms with Crippen molar-refractivity contribution in [3.05, 3.63) is 35.9 Å². The Morgan fingerprint density at radius 2 is 2.18 bits per heavy atom. The van der Waals surface area contributed by atoms with Crippen LogP contribution in [0.5, 0.6) is 0 Å². The second kappa shape index (κ2) is 4.38. The first kappa shape index (κ1) is 11.3. The van der Waals surface area contributed by atoms with Gasteiger partial charge in [0.2, 0.25) is 5.90 Å². The molecular formula is C13H12N2O2. The van der Waals surface area contributed by atoms with E-state index in [0.717, 1.165) is 0 Å². The molecule has 1 N–H and O–H groups in total. The van der Waals surface area contributed by atoms with Crippen LogP contribution >= 0.6 is 0 Å². The van der Waals surface area contributed by atoms with E-state index in [1.54, 1.807) is 24.3 Å². The Labute approximate surface area is 99.3 Å². The molecule has 4 heteroatoms. The molecule has 86 valence electrons. The van der Waals surface area contributed by atoms with Gasteiger partial charge >= 0.3 is 0 Å². The molecule has 1 unspecified atom stereocenters. The highest BCUT2D eigenvalue weighted by atomic mass is 16.5. The van der Waals surface area contributed by atoms with Crippen LogP contribution in [0.2, 0.25) is 0 Å². The third kappa shape index (κ3) is 2.04. The van der Waals surface area contributed by atoms with Crippen LogP contribution in [0, 0.1) is 22.2 Å². The van der Waals surface area contributed by atoms with E-state index in [4.69, 9.17) is 15.4 Å². The first-order valence-electron chi connectivity index (χ1n) is 5.39. The summed E-state index contributed by atoms with van der Waals surface area (Å²) < 4.78 is 5.01. The molecule has 1 fully saturated rings. The van der Waals surface area contributed by atoms with Gasteiger partial charge in [-0.05, 0) is 0 Å². The van der Waals surface area contributed by atoms with Crippen LogP contribution < -0.4 is 0 Å². The van der Waals surface area contributed by atoms with E-state index >= 15 is 0 Å². The van der Waals surface area contributed by atoms with Crippen molar-refractivity contribution in [2.24, 2.45) is 5.41 Å². The van der Waals surface area contributed by atoms with Crippen LogP contribution in [-0.4, -0.2) is 18.3 Å². The van der Waals surface area contributed by atoms with Crippen molar-refractivity contribution in [3.63, 3.8) is 0 Å². The minimum absolute atomic E-state index is 0.0202. The van der Waals surface area contributed by atoms with Gasteiger partial charge in [-0.3, -0.25) is 10.2 Å². The summed E-state index contributed by atoms with van der Waals surface area (Å²) in [6.45, 7) is 0.342. The average Bonchev–Trinajstić information content (AvgIpc) is 2.72. The number of nitrogens with one attached hydrogen (secondary N) is 1. The number of nitriles is 1. The predicted octanol–water partition coefficient (Wildman–Crippen LogP) is 2.17. The molecule has 1 aromatic carbocycles. The molecule has 2 rings (SSSR count). The molecule has 0 spiro atoms. The van der Waals surface area contributed by atoms with Gasteiger partial charge in [-0.15, -0.1) is 0 Å². The lowest BCUT2D eigenvalue weighted by molar-refractivity contribution is 0.0959. The minimum atomic E-state index is -1.06. The van der Waals surface area contributed by atoms with Crippen molar-refractivity contribution in [3.8, 4) is 6.07 Å². The molecule has 17 heavy (non-hydrogen) atoms. The summed E-state index contributed by atoms with van der Waals surface area (Å²) in [6.07, 6.45) is 0.438. The number of hydrogen-bond donors (Lipinski definition) is 1.